The minimum Gasteiger partial charge on any atom is -0.384 e. The molecule has 2 N–H and O–H groups in total. The van der Waals surface area contributed by atoms with Crippen LogP contribution in [-0.4, -0.2) is 31.7 Å². The molecule has 2 aliphatic rings. The number of hydrogen-bond donors (Lipinski definition) is 2. The molecule has 1 aliphatic carbocycles. The Morgan fingerprint density at radius 2 is 2.20 bits per heavy atom. The van der Waals surface area contributed by atoms with Gasteiger partial charge in [0.2, 0.25) is 5.91 Å². The summed E-state index contributed by atoms with van der Waals surface area (Å²) >= 11 is 0. The maximum Gasteiger partial charge on any atom is 0.225 e. The lowest BCUT2D eigenvalue weighted by molar-refractivity contribution is -0.126. The van der Waals surface area contributed by atoms with E-state index in [1.165, 1.54) is 5.56 Å². The summed E-state index contributed by atoms with van der Waals surface area (Å²) in [4.78, 5) is 12.4. The van der Waals surface area contributed by atoms with Crippen molar-refractivity contribution in [3.63, 3.8) is 0 Å². The molecular formula is C16H22N2O2. The van der Waals surface area contributed by atoms with Crippen molar-refractivity contribution in [1.29, 1.82) is 0 Å². The summed E-state index contributed by atoms with van der Waals surface area (Å²) in [7, 11) is 1.73. The van der Waals surface area contributed by atoms with Gasteiger partial charge in [-0.3, -0.25) is 4.79 Å². The second-order valence-corrected chi connectivity index (χ2v) is 5.76. The van der Waals surface area contributed by atoms with Crippen LogP contribution in [-0.2, 0) is 16.0 Å². The van der Waals surface area contributed by atoms with Gasteiger partial charge < -0.3 is 15.4 Å². The monoisotopic (exact) mass is 274 g/mol. The Kier molecular flexibility index (Phi) is 3.92. The number of hydrogen-bond acceptors (Lipinski definition) is 3. The van der Waals surface area contributed by atoms with Crippen LogP contribution < -0.4 is 10.6 Å². The first-order valence-electron chi connectivity index (χ1n) is 7.43. The fourth-order valence-electron chi connectivity index (χ4n) is 3.30. The molecule has 3 unspecified atom stereocenters. The highest BCUT2D eigenvalue weighted by atomic mass is 16.5. The summed E-state index contributed by atoms with van der Waals surface area (Å²) in [5.41, 5.74) is 2.39. The van der Waals surface area contributed by atoms with Crippen molar-refractivity contribution in [2.24, 2.45) is 5.92 Å². The molecule has 1 amide bonds. The molecule has 1 saturated carbocycles. The molecule has 4 heteroatoms. The molecule has 108 valence electrons. The van der Waals surface area contributed by atoms with Gasteiger partial charge in [-0.2, -0.15) is 0 Å². The van der Waals surface area contributed by atoms with Crippen LogP contribution in [0.1, 0.15) is 24.8 Å². The first kappa shape index (κ1) is 13.4. The number of nitrogens with one attached hydrogen (secondary N) is 2. The number of anilines is 1. The van der Waals surface area contributed by atoms with Crippen LogP contribution in [0.15, 0.2) is 24.3 Å². The molecule has 0 spiro atoms. The first-order valence-corrected chi connectivity index (χ1v) is 7.43. The van der Waals surface area contributed by atoms with E-state index in [4.69, 9.17) is 4.74 Å². The summed E-state index contributed by atoms with van der Waals surface area (Å²) in [6.45, 7) is 0.715. The Labute approximate surface area is 119 Å². The van der Waals surface area contributed by atoms with Crippen LogP contribution in [0, 0.1) is 5.92 Å². The van der Waals surface area contributed by atoms with Crippen molar-refractivity contribution in [3.05, 3.63) is 29.8 Å². The van der Waals surface area contributed by atoms with Crippen LogP contribution in [0.25, 0.3) is 0 Å². The lowest BCUT2D eigenvalue weighted by atomic mass is 9.93. The predicted molar refractivity (Wildman–Crippen MR) is 78.7 cm³/mol. The van der Waals surface area contributed by atoms with Crippen LogP contribution >= 0.6 is 0 Å². The van der Waals surface area contributed by atoms with Crippen LogP contribution in [0.3, 0.4) is 0 Å². The van der Waals surface area contributed by atoms with Crippen LogP contribution in [0.4, 0.5) is 5.69 Å². The fourth-order valence-corrected chi connectivity index (χ4v) is 3.30. The number of carbonyl (C=O) groups excluding carboxylic acids is 1. The Bertz CT molecular complexity index is 489. The Hall–Kier alpha value is -1.55. The standard InChI is InChI=1S/C16H22N2O2/c1-20-15-8-4-7-14(15)18-16(19)12-9-11-5-2-3-6-13(11)17-10-12/h2-3,5-6,12,14-15,17H,4,7-10H2,1H3,(H,18,19). The summed E-state index contributed by atoms with van der Waals surface area (Å²) < 4.78 is 5.44. The van der Waals surface area contributed by atoms with E-state index in [1.807, 2.05) is 12.1 Å². The number of rotatable bonds is 3. The van der Waals surface area contributed by atoms with Gasteiger partial charge in [0.25, 0.3) is 0 Å². The molecule has 1 aromatic rings. The van der Waals surface area contributed by atoms with Gasteiger partial charge in [-0.25, -0.2) is 0 Å². The zero-order chi connectivity index (χ0) is 13.9. The average molecular weight is 274 g/mol. The molecule has 0 aromatic heterocycles. The van der Waals surface area contributed by atoms with Gasteiger partial charge >= 0.3 is 0 Å². The number of methoxy groups -OCH3 is 1. The topological polar surface area (TPSA) is 50.4 Å². The molecule has 1 fully saturated rings. The van der Waals surface area contributed by atoms with E-state index < -0.39 is 0 Å². The van der Waals surface area contributed by atoms with Crippen molar-refractivity contribution in [1.82, 2.24) is 5.32 Å². The molecule has 3 atom stereocenters. The molecule has 3 rings (SSSR count). The third kappa shape index (κ3) is 2.66. The largest absolute Gasteiger partial charge is 0.384 e. The van der Waals surface area contributed by atoms with E-state index in [-0.39, 0.29) is 24.0 Å². The number of fused-ring (bicyclic) bond motifs is 1. The summed E-state index contributed by atoms with van der Waals surface area (Å²) in [5, 5.41) is 6.53. The minimum absolute atomic E-state index is 0.0167. The number of ether oxygens (including phenoxy) is 1. The lowest BCUT2D eigenvalue weighted by Crippen LogP contribution is -2.46. The maximum absolute atomic E-state index is 12.4. The number of amides is 1. The second-order valence-electron chi connectivity index (χ2n) is 5.76. The van der Waals surface area contributed by atoms with Gasteiger partial charge in [0, 0.05) is 19.3 Å². The van der Waals surface area contributed by atoms with Crippen molar-refractivity contribution in [2.75, 3.05) is 19.0 Å². The Morgan fingerprint density at radius 1 is 1.35 bits per heavy atom. The van der Waals surface area contributed by atoms with E-state index in [2.05, 4.69) is 22.8 Å². The molecule has 1 aliphatic heterocycles. The molecule has 4 nitrogen and oxygen atoms in total. The van der Waals surface area contributed by atoms with E-state index in [0.717, 1.165) is 31.4 Å². The van der Waals surface area contributed by atoms with Gasteiger partial charge in [-0.15, -0.1) is 0 Å². The van der Waals surface area contributed by atoms with Gasteiger partial charge in [0.05, 0.1) is 18.1 Å². The van der Waals surface area contributed by atoms with E-state index in [1.54, 1.807) is 7.11 Å². The van der Waals surface area contributed by atoms with Crippen LogP contribution in [0.5, 0.6) is 0 Å². The molecular weight excluding hydrogens is 252 g/mol. The zero-order valence-electron chi connectivity index (χ0n) is 11.9. The first-order chi connectivity index (χ1) is 9.78. The van der Waals surface area contributed by atoms with Crippen molar-refractivity contribution >= 4 is 11.6 Å². The van der Waals surface area contributed by atoms with E-state index >= 15 is 0 Å². The average Bonchev–Trinajstić information content (AvgIpc) is 2.94. The summed E-state index contributed by atoms with van der Waals surface area (Å²) in [5.74, 6) is 0.170. The van der Waals surface area contributed by atoms with Crippen molar-refractivity contribution in [3.8, 4) is 0 Å². The molecule has 1 aromatic carbocycles. The van der Waals surface area contributed by atoms with E-state index in [9.17, 15) is 4.79 Å². The highest BCUT2D eigenvalue weighted by Crippen LogP contribution is 2.26. The number of benzene rings is 1. The van der Waals surface area contributed by atoms with Gasteiger partial charge in [-0.1, -0.05) is 18.2 Å². The van der Waals surface area contributed by atoms with Crippen molar-refractivity contribution < 1.29 is 9.53 Å². The van der Waals surface area contributed by atoms with Gasteiger partial charge in [-0.05, 0) is 37.3 Å². The highest BCUT2D eigenvalue weighted by Gasteiger charge is 2.31. The van der Waals surface area contributed by atoms with Gasteiger partial charge in [0.1, 0.15) is 0 Å². The van der Waals surface area contributed by atoms with E-state index in [0.29, 0.717) is 6.54 Å². The Balaban J connectivity index is 1.61. The zero-order valence-corrected chi connectivity index (χ0v) is 11.9. The third-order valence-corrected chi connectivity index (χ3v) is 4.48. The lowest BCUT2D eigenvalue weighted by Gasteiger charge is -2.28. The van der Waals surface area contributed by atoms with Crippen molar-refractivity contribution in [2.45, 2.75) is 37.8 Å². The quantitative estimate of drug-likeness (QED) is 0.886. The second kappa shape index (κ2) is 5.83. The SMILES string of the molecule is COC1CCCC1NC(=O)C1CNc2ccccc2C1. The molecule has 0 bridgehead atoms. The summed E-state index contributed by atoms with van der Waals surface area (Å²) in [6, 6.07) is 8.40. The fraction of sp³-hybridized carbons (Fsp3) is 0.562. The molecule has 0 saturated heterocycles. The molecule has 1 heterocycles. The normalized spacial score (nSPS) is 28.6. The van der Waals surface area contributed by atoms with Gasteiger partial charge in [0.15, 0.2) is 0 Å². The third-order valence-electron chi connectivity index (χ3n) is 4.48. The summed E-state index contributed by atoms with van der Waals surface area (Å²) in [6.07, 6.45) is 4.21. The van der Waals surface area contributed by atoms with Crippen LogP contribution in [0.2, 0.25) is 0 Å². The predicted octanol–water partition coefficient (Wildman–Crippen LogP) is 1.95. The molecule has 20 heavy (non-hydrogen) atoms. The Morgan fingerprint density at radius 3 is 3.05 bits per heavy atom. The highest BCUT2D eigenvalue weighted by molar-refractivity contribution is 5.81. The number of para-hydroxylation sites is 1. The minimum atomic E-state index is 0.0167. The smallest absolute Gasteiger partial charge is 0.225 e. The number of carbonyl (C=O) groups is 1. The maximum atomic E-state index is 12.4. The molecule has 0 radical (unpaired) electrons.